The van der Waals surface area contributed by atoms with Gasteiger partial charge in [-0.15, -0.1) is 0 Å². The number of benzene rings is 1. The van der Waals surface area contributed by atoms with Crippen LogP contribution >= 0.6 is 0 Å². The summed E-state index contributed by atoms with van der Waals surface area (Å²) in [4.78, 5) is 10.4. The molecule has 0 bridgehead atoms. The lowest BCUT2D eigenvalue weighted by atomic mass is 10.3. The van der Waals surface area contributed by atoms with Crippen molar-refractivity contribution in [3.05, 3.63) is 18.2 Å². The number of carbonyl (C=O) groups excluding carboxylic acids is 1. The number of carbonyl (C=O) groups is 1. The molecule has 1 aliphatic heterocycles. The Bertz CT molecular complexity index is 325. The van der Waals surface area contributed by atoms with E-state index >= 15 is 0 Å². The van der Waals surface area contributed by atoms with Crippen molar-refractivity contribution in [1.82, 2.24) is 0 Å². The smallest absolute Gasteiger partial charge is 0.162 e. The highest BCUT2D eigenvalue weighted by molar-refractivity contribution is 5.83. The van der Waals surface area contributed by atoms with E-state index in [0.29, 0.717) is 0 Å². The molecule has 1 aliphatic rings. The van der Waals surface area contributed by atoms with Crippen molar-refractivity contribution in [2.75, 3.05) is 10.6 Å². The molecule has 4 nitrogen and oxygen atoms in total. The second kappa shape index (κ2) is 2.41. The van der Waals surface area contributed by atoms with Crippen molar-refractivity contribution in [2.45, 2.75) is 6.17 Å². The van der Waals surface area contributed by atoms with Crippen LogP contribution in [0.5, 0.6) is 5.75 Å². The highest BCUT2D eigenvalue weighted by Crippen LogP contribution is 2.31. The largest absolute Gasteiger partial charge is 0.508 e. The zero-order valence-corrected chi connectivity index (χ0v) is 6.24. The van der Waals surface area contributed by atoms with Gasteiger partial charge in [0.1, 0.15) is 5.75 Å². The van der Waals surface area contributed by atoms with Gasteiger partial charge in [-0.3, -0.25) is 4.79 Å². The number of anilines is 2. The summed E-state index contributed by atoms with van der Waals surface area (Å²) in [5, 5.41) is 14.9. The minimum absolute atomic E-state index is 0.189. The van der Waals surface area contributed by atoms with Gasteiger partial charge < -0.3 is 15.7 Å². The molecule has 0 fully saturated rings. The summed E-state index contributed by atoms with van der Waals surface area (Å²) in [5.74, 6) is 0.189. The lowest BCUT2D eigenvalue weighted by molar-refractivity contribution is -0.107. The quantitative estimate of drug-likeness (QED) is 0.423. The number of nitrogens with one attached hydrogen (secondary N) is 2. The Labute approximate surface area is 69.2 Å². The van der Waals surface area contributed by atoms with Gasteiger partial charge in [-0.05, 0) is 12.1 Å². The molecule has 1 aromatic rings. The first kappa shape index (κ1) is 6.97. The summed E-state index contributed by atoms with van der Waals surface area (Å²) in [7, 11) is 0. The third-order valence-electron chi connectivity index (χ3n) is 1.76. The van der Waals surface area contributed by atoms with E-state index in [9.17, 15) is 4.79 Å². The van der Waals surface area contributed by atoms with Crippen LogP contribution in [0.15, 0.2) is 18.2 Å². The predicted octanol–water partition coefficient (Wildman–Crippen LogP) is 0.755. The Hall–Kier alpha value is -1.71. The van der Waals surface area contributed by atoms with E-state index in [4.69, 9.17) is 5.11 Å². The molecule has 0 spiro atoms. The first-order valence-electron chi connectivity index (χ1n) is 3.61. The van der Waals surface area contributed by atoms with E-state index in [0.717, 1.165) is 17.7 Å². The van der Waals surface area contributed by atoms with Gasteiger partial charge in [-0.25, -0.2) is 0 Å². The molecule has 1 atom stereocenters. The average molecular weight is 164 g/mol. The molecule has 0 radical (unpaired) electrons. The van der Waals surface area contributed by atoms with Crippen LogP contribution in [0.3, 0.4) is 0 Å². The molecule has 1 aromatic carbocycles. The summed E-state index contributed by atoms with van der Waals surface area (Å²) in [6.07, 6.45) is 0.402. The second-order valence-electron chi connectivity index (χ2n) is 2.63. The molecule has 12 heavy (non-hydrogen) atoms. The number of rotatable bonds is 1. The number of aldehydes is 1. The lowest BCUT2D eigenvalue weighted by Crippen LogP contribution is -2.22. The number of phenolic OH excluding ortho intramolecular Hbond substituents is 1. The number of aromatic hydroxyl groups is 1. The van der Waals surface area contributed by atoms with Gasteiger partial charge in [-0.2, -0.15) is 0 Å². The number of fused-ring (bicyclic) bond motifs is 1. The fourth-order valence-electron chi connectivity index (χ4n) is 1.22. The Morgan fingerprint density at radius 1 is 1.33 bits per heavy atom. The van der Waals surface area contributed by atoms with Crippen LogP contribution in [0.25, 0.3) is 0 Å². The van der Waals surface area contributed by atoms with Crippen LogP contribution < -0.4 is 10.6 Å². The number of hydrogen-bond donors (Lipinski definition) is 3. The molecule has 3 N–H and O–H groups in total. The Morgan fingerprint density at radius 2 is 2.08 bits per heavy atom. The van der Waals surface area contributed by atoms with Crippen molar-refractivity contribution in [3.8, 4) is 5.75 Å². The van der Waals surface area contributed by atoms with E-state index in [1.54, 1.807) is 18.2 Å². The molecule has 0 aromatic heterocycles. The van der Waals surface area contributed by atoms with Crippen molar-refractivity contribution in [2.24, 2.45) is 0 Å². The van der Waals surface area contributed by atoms with Crippen LogP contribution in [0, 0.1) is 0 Å². The molecule has 0 aliphatic carbocycles. The average Bonchev–Trinajstić information content (AvgIpc) is 2.46. The van der Waals surface area contributed by atoms with Gasteiger partial charge in [0, 0.05) is 6.07 Å². The minimum atomic E-state index is -0.373. The van der Waals surface area contributed by atoms with Gasteiger partial charge in [-0.1, -0.05) is 0 Å². The van der Waals surface area contributed by atoms with Crippen molar-refractivity contribution >= 4 is 17.7 Å². The van der Waals surface area contributed by atoms with Crippen LogP contribution in [-0.4, -0.2) is 17.6 Å². The SMILES string of the molecule is O=CC1Nc2ccc(O)cc2N1. The van der Waals surface area contributed by atoms with Crippen LogP contribution in [-0.2, 0) is 4.79 Å². The Balaban J connectivity index is 2.35. The topological polar surface area (TPSA) is 61.4 Å². The molecule has 1 unspecified atom stereocenters. The second-order valence-corrected chi connectivity index (χ2v) is 2.63. The van der Waals surface area contributed by atoms with Gasteiger partial charge >= 0.3 is 0 Å². The van der Waals surface area contributed by atoms with E-state index in [1.165, 1.54) is 0 Å². The normalized spacial score (nSPS) is 19.2. The molecular weight excluding hydrogens is 156 g/mol. The Kier molecular flexibility index (Phi) is 1.40. The molecular formula is C8H8N2O2. The maximum absolute atomic E-state index is 10.4. The third-order valence-corrected chi connectivity index (χ3v) is 1.76. The maximum Gasteiger partial charge on any atom is 0.162 e. The third kappa shape index (κ3) is 0.972. The summed E-state index contributed by atoms with van der Waals surface area (Å²) >= 11 is 0. The van der Waals surface area contributed by atoms with Crippen molar-refractivity contribution in [1.29, 1.82) is 0 Å². The molecule has 62 valence electrons. The molecule has 0 saturated carbocycles. The Morgan fingerprint density at radius 3 is 2.83 bits per heavy atom. The van der Waals surface area contributed by atoms with E-state index < -0.39 is 0 Å². The predicted molar refractivity (Wildman–Crippen MR) is 45.2 cm³/mol. The monoisotopic (exact) mass is 164 g/mol. The number of hydrogen-bond acceptors (Lipinski definition) is 4. The summed E-state index contributed by atoms with van der Waals surface area (Å²) in [6, 6.07) is 4.87. The van der Waals surface area contributed by atoms with E-state index in [-0.39, 0.29) is 11.9 Å². The van der Waals surface area contributed by atoms with Gasteiger partial charge in [0.15, 0.2) is 12.5 Å². The molecule has 0 amide bonds. The van der Waals surface area contributed by atoms with Crippen LogP contribution in [0.4, 0.5) is 11.4 Å². The lowest BCUT2D eigenvalue weighted by Gasteiger charge is -2.00. The standard InChI is InChI=1S/C8H8N2O2/c11-4-8-9-6-2-1-5(12)3-7(6)10-8/h1-4,8-10,12H. The minimum Gasteiger partial charge on any atom is -0.508 e. The van der Waals surface area contributed by atoms with Crippen molar-refractivity contribution < 1.29 is 9.90 Å². The van der Waals surface area contributed by atoms with E-state index in [2.05, 4.69) is 10.6 Å². The highest BCUT2D eigenvalue weighted by atomic mass is 16.3. The maximum atomic E-state index is 10.4. The first-order valence-corrected chi connectivity index (χ1v) is 3.61. The first-order chi connectivity index (χ1) is 5.79. The highest BCUT2D eigenvalue weighted by Gasteiger charge is 2.17. The van der Waals surface area contributed by atoms with Crippen LogP contribution in [0.1, 0.15) is 0 Å². The van der Waals surface area contributed by atoms with Gasteiger partial charge in [0.05, 0.1) is 11.4 Å². The molecule has 1 heterocycles. The van der Waals surface area contributed by atoms with E-state index in [1.807, 2.05) is 0 Å². The summed E-state index contributed by atoms with van der Waals surface area (Å²) in [6.45, 7) is 0. The molecule has 4 heteroatoms. The number of phenols is 1. The zero-order valence-electron chi connectivity index (χ0n) is 6.24. The van der Waals surface area contributed by atoms with Gasteiger partial charge in [0.25, 0.3) is 0 Å². The molecule has 2 rings (SSSR count). The van der Waals surface area contributed by atoms with Crippen LogP contribution in [0.2, 0.25) is 0 Å². The zero-order chi connectivity index (χ0) is 8.55. The fraction of sp³-hybridized carbons (Fsp3) is 0.125. The molecule has 0 saturated heterocycles. The van der Waals surface area contributed by atoms with Gasteiger partial charge in [0.2, 0.25) is 0 Å². The van der Waals surface area contributed by atoms with Crippen molar-refractivity contribution in [3.63, 3.8) is 0 Å². The summed E-state index contributed by atoms with van der Waals surface area (Å²) in [5.41, 5.74) is 1.59. The fourth-order valence-corrected chi connectivity index (χ4v) is 1.22. The summed E-state index contributed by atoms with van der Waals surface area (Å²) < 4.78 is 0.